The van der Waals surface area contributed by atoms with Crippen LogP contribution in [0.5, 0.6) is 0 Å². The van der Waals surface area contributed by atoms with Crippen molar-refractivity contribution in [2.75, 3.05) is 45.9 Å². The second kappa shape index (κ2) is 9.59. The fourth-order valence-corrected chi connectivity index (χ4v) is 11.0. The van der Waals surface area contributed by atoms with Crippen molar-refractivity contribution < 1.29 is 20.1 Å². The standard InChI is InChI=1S/C35H48N2O4/c1-31-11-8-26(39)22-33(31)14-15-35(27(23-33)30(40)25-6-4-3-5-7-25)28(31)9-12-32(2)29(35)10-13-34(32,41)24-37-18-16-36(17-19-37)20-21-38/h3-7,14-15,23,26,28-29,38-39,41H,8-13,16-22,24H2,1-2H3. The van der Waals surface area contributed by atoms with Crippen LogP contribution in [0, 0.1) is 33.5 Å². The van der Waals surface area contributed by atoms with E-state index in [2.05, 4.69) is 41.9 Å². The third kappa shape index (κ3) is 3.76. The number of carbonyl (C=O) groups excluding carboxylic acids is 1. The number of fused-ring (bicyclic) bond motifs is 1. The van der Waals surface area contributed by atoms with Crippen LogP contribution < -0.4 is 0 Å². The van der Waals surface area contributed by atoms with E-state index in [0.29, 0.717) is 18.9 Å². The van der Waals surface area contributed by atoms with E-state index in [1.807, 2.05) is 30.3 Å². The fraction of sp³-hybridized carbons (Fsp3) is 0.686. The van der Waals surface area contributed by atoms with Crippen LogP contribution in [0.3, 0.4) is 0 Å². The highest BCUT2D eigenvalue weighted by atomic mass is 16.3. The van der Waals surface area contributed by atoms with Gasteiger partial charge in [-0.15, -0.1) is 0 Å². The number of rotatable bonds is 6. The Morgan fingerprint density at radius 2 is 1.56 bits per heavy atom. The Labute approximate surface area is 245 Å². The van der Waals surface area contributed by atoms with E-state index < -0.39 is 11.0 Å². The molecule has 1 aromatic rings. The quantitative estimate of drug-likeness (QED) is 0.359. The summed E-state index contributed by atoms with van der Waals surface area (Å²) < 4.78 is 0. The van der Waals surface area contributed by atoms with Gasteiger partial charge in [0.1, 0.15) is 0 Å². The second-order valence-corrected chi connectivity index (χ2v) is 14.8. The summed E-state index contributed by atoms with van der Waals surface area (Å²) in [5.74, 6) is 0.635. The molecule has 1 aliphatic heterocycles. The van der Waals surface area contributed by atoms with Gasteiger partial charge in [-0.1, -0.05) is 62.4 Å². The zero-order valence-corrected chi connectivity index (χ0v) is 24.9. The van der Waals surface area contributed by atoms with Gasteiger partial charge in [0.15, 0.2) is 5.78 Å². The molecule has 222 valence electrons. The van der Waals surface area contributed by atoms with Crippen LogP contribution in [0.1, 0.15) is 69.2 Å². The summed E-state index contributed by atoms with van der Waals surface area (Å²) in [7, 11) is 0. The van der Waals surface area contributed by atoms with Gasteiger partial charge >= 0.3 is 0 Å². The van der Waals surface area contributed by atoms with Crippen molar-refractivity contribution in [2.45, 2.75) is 70.5 Å². The number of ketones is 1. The van der Waals surface area contributed by atoms with Gasteiger partial charge in [-0.05, 0) is 62.2 Å². The van der Waals surface area contributed by atoms with E-state index in [9.17, 15) is 20.1 Å². The molecule has 6 heteroatoms. The SMILES string of the molecule is CC12CCC(O)CC13C=CC1(C(C(=O)c4ccccc4)=C3)C2CCC2(C)C1CCC2(O)CN1CCN(CCO)CC1. The smallest absolute Gasteiger partial charge is 0.189 e. The van der Waals surface area contributed by atoms with Gasteiger partial charge in [-0.3, -0.25) is 14.6 Å². The van der Waals surface area contributed by atoms with Crippen LogP contribution in [0.25, 0.3) is 0 Å². The molecular formula is C35H48N2O4. The number of hydrogen-bond donors (Lipinski definition) is 3. The maximum Gasteiger partial charge on any atom is 0.189 e. The van der Waals surface area contributed by atoms with Crippen LogP contribution in [0.2, 0.25) is 0 Å². The second-order valence-electron chi connectivity index (χ2n) is 14.8. The molecule has 2 spiro atoms. The number of aliphatic hydroxyl groups excluding tert-OH is 2. The Hall–Kier alpha value is -1.83. The molecule has 8 unspecified atom stereocenters. The molecule has 1 aromatic carbocycles. The van der Waals surface area contributed by atoms with Crippen molar-refractivity contribution in [3.63, 3.8) is 0 Å². The number of benzene rings is 1. The molecule has 0 radical (unpaired) electrons. The Morgan fingerprint density at radius 1 is 0.902 bits per heavy atom. The number of Topliss-reactive ketones (excluding diaryl/α,β-unsaturated/α-hetero) is 1. The first kappa shape index (κ1) is 28.0. The molecule has 0 amide bonds. The van der Waals surface area contributed by atoms with Gasteiger partial charge in [0.2, 0.25) is 0 Å². The molecule has 0 aromatic heterocycles. The third-order valence-corrected chi connectivity index (χ3v) is 13.4. The molecule has 3 N–H and O–H groups in total. The van der Waals surface area contributed by atoms with Gasteiger partial charge in [0.05, 0.1) is 18.3 Å². The molecule has 1 saturated heterocycles. The maximum atomic E-state index is 14.5. The van der Waals surface area contributed by atoms with E-state index in [0.717, 1.165) is 82.4 Å². The van der Waals surface area contributed by atoms with E-state index in [-0.39, 0.29) is 40.7 Å². The molecule has 8 atom stereocenters. The summed E-state index contributed by atoms with van der Waals surface area (Å²) >= 11 is 0. The predicted octanol–water partition coefficient (Wildman–Crippen LogP) is 4.07. The van der Waals surface area contributed by atoms with Crippen molar-refractivity contribution in [3.8, 4) is 0 Å². The molecule has 4 fully saturated rings. The summed E-state index contributed by atoms with van der Waals surface area (Å²) in [5.41, 5.74) is -0.137. The van der Waals surface area contributed by atoms with Crippen molar-refractivity contribution in [3.05, 3.63) is 59.7 Å². The largest absolute Gasteiger partial charge is 0.395 e. The molecule has 7 aliphatic rings. The van der Waals surface area contributed by atoms with Gasteiger partial charge in [0, 0.05) is 66.7 Å². The summed E-state index contributed by atoms with van der Waals surface area (Å²) in [6.45, 7) is 10.0. The minimum atomic E-state index is -0.805. The Morgan fingerprint density at radius 3 is 2.29 bits per heavy atom. The number of allylic oxidation sites excluding steroid dienone is 4. The first-order chi connectivity index (χ1) is 19.6. The van der Waals surface area contributed by atoms with Crippen molar-refractivity contribution in [2.24, 2.45) is 33.5 Å². The highest BCUT2D eigenvalue weighted by Gasteiger charge is 2.74. The summed E-state index contributed by atoms with van der Waals surface area (Å²) in [6.07, 6.45) is 12.9. The lowest BCUT2D eigenvalue weighted by Gasteiger charge is -2.71. The fourth-order valence-electron chi connectivity index (χ4n) is 11.0. The monoisotopic (exact) mass is 560 g/mol. The molecule has 2 bridgehead atoms. The molecule has 8 rings (SSSR count). The van der Waals surface area contributed by atoms with Crippen molar-refractivity contribution in [1.29, 1.82) is 0 Å². The Kier molecular flexibility index (Phi) is 6.54. The average Bonchev–Trinajstić information content (AvgIpc) is 3.24. The number of aliphatic hydroxyl groups is 3. The topological polar surface area (TPSA) is 84.2 Å². The van der Waals surface area contributed by atoms with Gasteiger partial charge in [-0.25, -0.2) is 0 Å². The van der Waals surface area contributed by atoms with Crippen LogP contribution in [0.15, 0.2) is 54.1 Å². The number of carbonyl (C=O) groups is 1. The van der Waals surface area contributed by atoms with Crippen LogP contribution >= 0.6 is 0 Å². The Bertz CT molecular complexity index is 1260. The van der Waals surface area contributed by atoms with Gasteiger partial charge < -0.3 is 15.3 Å². The van der Waals surface area contributed by atoms with E-state index >= 15 is 0 Å². The summed E-state index contributed by atoms with van der Waals surface area (Å²) in [5, 5.41) is 32.8. The van der Waals surface area contributed by atoms with E-state index in [1.165, 1.54) is 0 Å². The molecule has 3 saturated carbocycles. The lowest BCUT2D eigenvalue weighted by atomic mass is 9.32. The van der Waals surface area contributed by atoms with Crippen molar-refractivity contribution >= 4 is 5.78 Å². The van der Waals surface area contributed by atoms with Gasteiger partial charge in [0.25, 0.3) is 0 Å². The highest BCUT2D eigenvalue weighted by molar-refractivity contribution is 6.10. The number of piperazine rings is 1. The normalized spacial score (nSPS) is 45.6. The predicted molar refractivity (Wildman–Crippen MR) is 159 cm³/mol. The lowest BCUT2D eigenvalue weighted by Crippen LogP contribution is -2.67. The summed E-state index contributed by atoms with van der Waals surface area (Å²) in [6, 6.07) is 9.75. The van der Waals surface area contributed by atoms with Crippen LogP contribution in [-0.4, -0.2) is 88.5 Å². The molecule has 41 heavy (non-hydrogen) atoms. The zero-order valence-electron chi connectivity index (χ0n) is 24.9. The lowest BCUT2D eigenvalue weighted by molar-refractivity contribution is -0.177. The number of β-amino-alcohol motifs (C(OH)–C–C–N with tert-alkyl or cyclic N) is 2. The molecular weight excluding hydrogens is 512 g/mol. The Balaban J connectivity index is 1.28. The number of nitrogens with zero attached hydrogens (tertiary/aromatic N) is 2. The minimum absolute atomic E-state index is 0.00742. The third-order valence-electron chi connectivity index (χ3n) is 13.4. The van der Waals surface area contributed by atoms with Gasteiger partial charge in [-0.2, -0.15) is 0 Å². The van der Waals surface area contributed by atoms with E-state index in [1.54, 1.807) is 0 Å². The first-order valence-electron chi connectivity index (χ1n) is 16.1. The van der Waals surface area contributed by atoms with Crippen LogP contribution in [0.4, 0.5) is 0 Å². The van der Waals surface area contributed by atoms with Crippen LogP contribution in [-0.2, 0) is 0 Å². The number of hydrogen-bond acceptors (Lipinski definition) is 6. The average molecular weight is 561 g/mol. The maximum absolute atomic E-state index is 14.5. The first-order valence-corrected chi connectivity index (χ1v) is 16.1. The van der Waals surface area contributed by atoms with E-state index in [4.69, 9.17) is 0 Å². The minimum Gasteiger partial charge on any atom is -0.395 e. The molecule has 1 heterocycles. The summed E-state index contributed by atoms with van der Waals surface area (Å²) in [4.78, 5) is 19.2. The van der Waals surface area contributed by atoms with Crippen molar-refractivity contribution in [1.82, 2.24) is 9.80 Å². The highest BCUT2D eigenvalue weighted by Crippen LogP contribution is 2.78. The zero-order chi connectivity index (χ0) is 28.7. The molecule has 6 aliphatic carbocycles. The molecule has 6 nitrogen and oxygen atoms in total.